The average molecular weight is 266 g/mol. The van der Waals surface area contributed by atoms with Gasteiger partial charge in [-0.25, -0.2) is 4.39 Å². The van der Waals surface area contributed by atoms with Crippen LogP contribution in [0.2, 0.25) is 0 Å². The molecule has 1 aliphatic rings. The van der Waals surface area contributed by atoms with Gasteiger partial charge in [-0.3, -0.25) is 4.79 Å². The maximum Gasteiger partial charge on any atom is 0.244 e. The van der Waals surface area contributed by atoms with Crippen LogP contribution in [0.5, 0.6) is 0 Å². The zero-order valence-electron chi connectivity index (χ0n) is 11.3. The number of rotatable bonds is 3. The van der Waals surface area contributed by atoms with Gasteiger partial charge >= 0.3 is 0 Å². The predicted octanol–water partition coefficient (Wildman–Crippen LogP) is 1.79. The van der Waals surface area contributed by atoms with Crippen molar-refractivity contribution in [2.24, 2.45) is 0 Å². The highest BCUT2D eigenvalue weighted by atomic mass is 19.1. The minimum absolute atomic E-state index is 0.0179. The molecule has 1 saturated heterocycles. The highest BCUT2D eigenvalue weighted by Gasteiger charge is 2.22. The van der Waals surface area contributed by atoms with Crippen molar-refractivity contribution in [3.05, 3.63) is 29.6 Å². The third-order valence-corrected chi connectivity index (χ3v) is 3.25. The Morgan fingerprint density at radius 3 is 2.74 bits per heavy atom. The van der Waals surface area contributed by atoms with Gasteiger partial charge in [0.1, 0.15) is 11.9 Å². The van der Waals surface area contributed by atoms with E-state index in [1.807, 2.05) is 0 Å². The lowest BCUT2D eigenvalue weighted by molar-refractivity contribution is -0.135. The van der Waals surface area contributed by atoms with Crippen LogP contribution >= 0.6 is 0 Å². The number of nitrogens with one attached hydrogen (secondary N) is 1. The SMILES string of the molecule is Cc1ccc(NC(C)C(=O)N2CCOCC2)cc1F. The largest absolute Gasteiger partial charge is 0.378 e. The van der Waals surface area contributed by atoms with Crippen LogP contribution < -0.4 is 5.32 Å². The molecule has 0 aliphatic carbocycles. The first-order chi connectivity index (χ1) is 9.08. The topological polar surface area (TPSA) is 41.6 Å². The van der Waals surface area contributed by atoms with Crippen molar-refractivity contribution < 1.29 is 13.9 Å². The van der Waals surface area contributed by atoms with E-state index in [0.717, 1.165) is 0 Å². The number of benzene rings is 1. The summed E-state index contributed by atoms with van der Waals surface area (Å²) in [4.78, 5) is 13.9. The van der Waals surface area contributed by atoms with Crippen molar-refractivity contribution in [1.82, 2.24) is 4.90 Å². The summed E-state index contributed by atoms with van der Waals surface area (Å²) in [5.41, 5.74) is 1.22. The lowest BCUT2D eigenvalue weighted by Gasteiger charge is -2.29. The van der Waals surface area contributed by atoms with Crippen molar-refractivity contribution in [1.29, 1.82) is 0 Å². The van der Waals surface area contributed by atoms with E-state index in [1.54, 1.807) is 30.9 Å². The Balaban J connectivity index is 1.97. The summed E-state index contributed by atoms with van der Waals surface area (Å²) in [5, 5.41) is 3.03. The van der Waals surface area contributed by atoms with Gasteiger partial charge in [0.15, 0.2) is 0 Å². The van der Waals surface area contributed by atoms with Gasteiger partial charge in [-0.05, 0) is 31.5 Å². The molecular weight excluding hydrogens is 247 g/mol. The third-order valence-electron chi connectivity index (χ3n) is 3.25. The Morgan fingerprint density at radius 2 is 2.11 bits per heavy atom. The fourth-order valence-electron chi connectivity index (χ4n) is 2.05. The van der Waals surface area contributed by atoms with Gasteiger partial charge in [0.2, 0.25) is 5.91 Å². The van der Waals surface area contributed by atoms with Crippen molar-refractivity contribution >= 4 is 11.6 Å². The Hall–Kier alpha value is -1.62. The second-order valence-electron chi connectivity index (χ2n) is 4.77. The van der Waals surface area contributed by atoms with Gasteiger partial charge in [-0.2, -0.15) is 0 Å². The summed E-state index contributed by atoms with van der Waals surface area (Å²) in [6.45, 7) is 5.90. The van der Waals surface area contributed by atoms with E-state index in [1.165, 1.54) is 6.07 Å². The lowest BCUT2D eigenvalue weighted by atomic mass is 10.2. The van der Waals surface area contributed by atoms with Gasteiger partial charge in [0.05, 0.1) is 13.2 Å². The van der Waals surface area contributed by atoms with Crippen LogP contribution in [0.1, 0.15) is 12.5 Å². The van der Waals surface area contributed by atoms with Gasteiger partial charge in [-0.15, -0.1) is 0 Å². The molecule has 1 aliphatic heterocycles. The summed E-state index contributed by atoms with van der Waals surface area (Å²) in [5.74, 6) is -0.250. The van der Waals surface area contributed by atoms with Crippen molar-refractivity contribution in [2.75, 3.05) is 31.6 Å². The highest BCUT2D eigenvalue weighted by Crippen LogP contribution is 2.15. The molecule has 2 rings (SSSR count). The standard InChI is InChI=1S/C14H19FN2O2/c1-10-3-4-12(9-13(10)15)16-11(2)14(18)17-5-7-19-8-6-17/h3-4,9,11,16H,5-8H2,1-2H3. The normalized spacial score (nSPS) is 17.1. The van der Waals surface area contributed by atoms with Crippen LogP contribution in [0, 0.1) is 12.7 Å². The zero-order chi connectivity index (χ0) is 13.8. The van der Waals surface area contributed by atoms with Gasteiger partial charge in [0.25, 0.3) is 0 Å². The number of halogens is 1. The molecule has 1 atom stereocenters. The van der Waals surface area contributed by atoms with Gasteiger partial charge in [0, 0.05) is 18.8 Å². The molecule has 19 heavy (non-hydrogen) atoms. The molecule has 0 radical (unpaired) electrons. The molecule has 1 N–H and O–H groups in total. The lowest BCUT2D eigenvalue weighted by Crippen LogP contribution is -2.47. The first-order valence-electron chi connectivity index (χ1n) is 6.47. The molecule has 4 nitrogen and oxygen atoms in total. The van der Waals surface area contributed by atoms with E-state index in [-0.39, 0.29) is 17.8 Å². The maximum absolute atomic E-state index is 13.4. The number of nitrogens with zero attached hydrogens (tertiary/aromatic N) is 1. The van der Waals surface area contributed by atoms with E-state index >= 15 is 0 Å². The van der Waals surface area contributed by atoms with Crippen LogP contribution in [0.4, 0.5) is 10.1 Å². The number of carbonyl (C=O) groups excluding carboxylic acids is 1. The van der Waals surface area contributed by atoms with E-state index < -0.39 is 0 Å². The summed E-state index contributed by atoms with van der Waals surface area (Å²) < 4.78 is 18.6. The summed E-state index contributed by atoms with van der Waals surface area (Å²) >= 11 is 0. The number of hydrogen-bond acceptors (Lipinski definition) is 3. The Morgan fingerprint density at radius 1 is 1.42 bits per heavy atom. The van der Waals surface area contributed by atoms with Crippen molar-refractivity contribution in [2.45, 2.75) is 19.9 Å². The minimum atomic E-state index is -0.375. The fourth-order valence-corrected chi connectivity index (χ4v) is 2.05. The number of amides is 1. The molecule has 1 aromatic rings. The summed E-state index contributed by atoms with van der Waals surface area (Å²) in [6.07, 6.45) is 0. The van der Waals surface area contributed by atoms with E-state index in [4.69, 9.17) is 4.74 Å². The number of anilines is 1. The van der Waals surface area contributed by atoms with Crippen LogP contribution in [-0.4, -0.2) is 43.2 Å². The van der Waals surface area contributed by atoms with Crippen molar-refractivity contribution in [3.63, 3.8) is 0 Å². The average Bonchev–Trinajstić information content (AvgIpc) is 2.43. The smallest absolute Gasteiger partial charge is 0.244 e. The van der Waals surface area contributed by atoms with E-state index in [0.29, 0.717) is 37.6 Å². The maximum atomic E-state index is 13.4. The molecule has 0 aromatic heterocycles. The quantitative estimate of drug-likeness (QED) is 0.907. The van der Waals surface area contributed by atoms with Gasteiger partial charge < -0.3 is 15.0 Å². The molecule has 0 spiro atoms. The fraction of sp³-hybridized carbons (Fsp3) is 0.500. The molecule has 0 bridgehead atoms. The monoisotopic (exact) mass is 266 g/mol. The highest BCUT2D eigenvalue weighted by molar-refractivity contribution is 5.84. The number of aryl methyl sites for hydroxylation is 1. The molecule has 1 amide bonds. The second-order valence-corrected chi connectivity index (χ2v) is 4.77. The molecular formula is C14H19FN2O2. The van der Waals surface area contributed by atoms with Crippen LogP contribution in [0.15, 0.2) is 18.2 Å². The first-order valence-corrected chi connectivity index (χ1v) is 6.47. The molecule has 5 heteroatoms. The van der Waals surface area contributed by atoms with Gasteiger partial charge in [-0.1, -0.05) is 6.07 Å². The number of carbonyl (C=O) groups is 1. The molecule has 0 saturated carbocycles. The Labute approximate surface area is 112 Å². The third kappa shape index (κ3) is 3.44. The van der Waals surface area contributed by atoms with Crippen LogP contribution in [-0.2, 0) is 9.53 Å². The molecule has 104 valence electrons. The molecule has 1 heterocycles. The number of morpholine rings is 1. The summed E-state index contributed by atoms with van der Waals surface area (Å²) in [7, 11) is 0. The Bertz CT molecular complexity index is 459. The Kier molecular flexibility index (Phi) is 4.37. The minimum Gasteiger partial charge on any atom is -0.378 e. The zero-order valence-corrected chi connectivity index (χ0v) is 11.3. The van der Waals surface area contributed by atoms with Crippen LogP contribution in [0.3, 0.4) is 0 Å². The van der Waals surface area contributed by atoms with Crippen molar-refractivity contribution in [3.8, 4) is 0 Å². The number of ether oxygens (including phenoxy) is 1. The molecule has 1 aromatic carbocycles. The first kappa shape index (κ1) is 13.8. The predicted molar refractivity (Wildman–Crippen MR) is 71.6 cm³/mol. The summed E-state index contributed by atoms with van der Waals surface area (Å²) in [6, 6.07) is 4.52. The molecule has 1 fully saturated rings. The van der Waals surface area contributed by atoms with Crippen LogP contribution in [0.25, 0.3) is 0 Å². The van der Waals surface area contributed by atoms with E-state index in [2.05, 4.69) is 5.32 Å². The number of hydrogen-bond donors (Lipinski definition) is 1. The second kappa shape index (κ2) is 6.02. The van der Waals surface area contributed by atoms with E-state index in [9.17, 15) is 9.18 Å². The molecule has 1 unspecified atom stereocenters.